The van der Waals surface area contributed by atoms with Gasteiger partial charge in [-0.1, -0.05) is 51.9 Å². The molecule has 0 fully saturated rings. The van der Waals surface area contributed by atoms with Gasteiger partial charge in [0.25, 0.3) is 0 Å². The van der Waals surface area contributed by atoms with Crippen molar-refractivity contribution in [1.29, 1.82) is 0 Å². The second-order valence-electron chi connectivity index (χ2n) is 5.29. The molecule has 0 aliphatic carbocycles. The topological polar surface area (TPSA) is 9.23 Å². The minimum Gasteiger partial charge on any atom is -0.376 e. The normalized spacial score (nSPS) is 12.0. The number of ether oxygens (including phenoxy) is 1. The van der Waals surface area contributed by atoms with E-state index in [4.69, 9.17) is 4.74 Å². The highest BCUT2D eigenvalue weighted by Gasteiger charge is 2.08. The van der Waals surface area contributed by atoms with Gasteiger partial charge in [0.15, 0.2) is 0 Å². The molecule has 0 bridgehead atoms. The van der Waals surface area contributed by atoms with Crippen LogP contribution in [0.25, 0.3) is 0 Å². The van der Waals surface area contributed by atoms with Crippen LogP contribution in [0.5, 0.6) is 0 Å². The molecule has 0 saturated heterocycles. The van der Waals surface area contributed by atoms with Crippen LogP contribution >= 0.6 is 0 Å². The predicted octanol–water partition coefficient (Wildman–Crippen LogP) is 4.76. The number of rotatable bonds is 9. The molecule has 1 radical (unpaired) electrons. The van der Waals surface area contributed by atoms with Crippen LogP contribution in [0.15, 0.2) is 0 Å². The van der Waals surface area contributed by atoms with Gasteiger partial charge in [-0.3, -0.25) is 0 Å². The lowest BCUT2D eigenvalue weighted by molar-refractivity contribution is -0.00474. The van der Waals surface area contributed by atoms with Crippen molar-refractivity contribution in [2.45, 2.75) is 77.7 Å². The highest BCUT2D eigenvalue weighted by molar-refractivity contribution is 4.58. The fourth-order valence-electron chi connectivity index (χ4n) is 1.54. The van der Waals surface area contributed by atoms with E-state index in [-0.39, 0.29) is 5.60 Å². The monoisotopic (exact) mass is 213 g/mol. The summed E-state index contributed by atoms with van der Waals surface area (Å²) in [6.07, 6.45) is 10.4. The molecule has 0 aromatic rings. The van der Waals surface area contributed by atoms with Crippen LogP contribution in [0, 0.1) is 6.92 Å². The lowest BCUT2D eigenvalue weighted by Crippen LogP contribution is -2.19. The summed E-state index contributed by atoms with van der Waals surface area (Å²) < 4.78 is 5.67. The van der Waals surface area contributed by atoms with Gasteiger partial charge in [0.1, 0.15) is 0 Å². The molecule has 0 aromatic heterocycles. The summed E-state index contributed by atoms with van der Waals surface area (Å²) in [5.41, 5.74) is 0.0358. The molecular weight excluding hydrogens is 184 g/mol. The quantitative estimate of drug-likeness (QED) is 0.502. The molecule has 0 aliphatic rings. The summed E-state index contributed by atoms with van der Waals surface area (Å²) in [4.78, 5) is 0. The molecule has 0 atom stereocenters. The largest absolute Gasteiger partial charge is 0.376 e. The average Bonchev–Trinajstić information content (AvgIpc) is 2.14. The van der Waals surface area contributed by atoms with Gasteiger partial charge in [-0.05, 0) is 27.2 Å². The highest BCUT2D eigenvalue weighted by atomic mass is 16.5. The lowest BCUT2D eigenvalue weighted by Gasteiger charge is -2.19. The number of hydrogen-bond acceptors (Lipinski definition) is 1. The molecule has 0 aromatic carbocycles. The van der Waals surface area contributed by atoms with E-state index in [0.717, 1.165) is 13.0 Å². The first-order valence-electron chi connectivity index (χ1n) is 6.49. The minimum absolute atomic E-state index is 0.0358. The Balaban J connectivity index is 2.99. The van der Waals surface area contributed by atoms with Crippen molar-refractivity contribution in [3.8, 4) is 0 Å². The molecule has 0 spiro atoms. The summed E-state index contributed by atoms with van der Waals surface area (Å²) in [5, 5.41) is 0. The molecule has 91 valence electrons. The number of unbranched alkanes of at least 4 members (excludes halogenated alkanes) is 7. The van der Waals surface area contributed by atoms with E-state index in [1.165, 1.54) is 44.9 Å². The summed E-state index contributed by atoms with van der Waals surface area (Å²) in [7, 11) is 0. The third-order valence-corrected chi connectivity index (χ3v) is 2.43. The molecule has 0 unspecified atom stereocenters. The van der Waals surface area contributed by atoms with Crippen molar-refractivity contribution in [1.82, 2.24) is 0 Å². The van der Waals surface area contributed by atoms with Gasteiger partial charge < -0.3 is 4.74 Å². The van der Waals surface area contributed by atoms with Crippen LogP contribution in [0.2, 0.25) is 0 Å². The predicted molar refractivity (Wildman–Crippen MR) is 68.0 cm³/mol. The van der Waals surface area contributed by atoms with E-state index in [2.05, 4.69) is 27.7 Å². The molecule has 0 rings (SSSR count). The fourth-order valence-corrected chi connectivity index (χ4v) is 1.54. The van der Waals surface area contributed by atoms with Gasteiger partial charge in [-0.25, -0.2) is 0 Å². The smallest absolute Gasteiger partial charge is 0.0598 e. The van der Waals surface area contributed by atoms with Gasteiger partial charge >= 0.3 is 0 Å². The van der Waals surface area contributed by atoms with Crippen LogP contribution in [-0.2, 0) is 4.74 Å². The minimum atomic E-state index is 0.0358. The van der Waals surface area contributed by atoms with Gasteiger partial charge in [-0.2, -0.15) is 0 Å². The summed E-state index contributed by atoms with van der Waals surface area (Å²) in [6.45, 7) is 11.1. The van der Waals surface area contributed by atoms with E-state index in [0.29, 0.717) is 0 Å². The van der Waals surface area contributed by atoms with Gasteiger partial charge in [-0.15, -0.1) is 0 Å². The molecule has 1 nitrogen and oxygen atoms in total. The molecule has 0 N–H and O–H groups in total. The van der Waals surface area contributed by atoms with Crippen molar-refractivity contribution < 1.29 is 4.74 Å². The maximum Gasteiger partial charge on any atom is 0.0598 e. The van der Waals surface area contributed by atoms with Gasteiger partial charge in [0, 0.05) is 6.61 Å². The molecule has 15 heavy (non-hydrogen) atoms. The van der Waals surface area contributed by atoms with E-state index >= 15 is 0 Å². The Bertz CT molecular complexity index is 124. The zero-order valence-electron chi connectivity index (χ0n) is 11.0. The maximum atomic E-state index is 5.67. The summed E-state index contributed by atoms with van der Waals surface area (Å²) in [6, 6.07) is 0. The van der Waals surface area contributed by atoms with Gasteiger partial charge in [0.05, 0.1) is 5.60 Å². The summed E-state index contributed by atoms with van der Waals surface area (Å²) >= 11 is 0. The van der Waals surface area contributed by atoms with Crippen molar-refractivity contribution in [3.05, 3.63) is 6.92 Å². The van der Waals surface area contributed by atoms with E-state index in [1.807, 2.05) is 0 Å². The Morgan fingerprint density at radius 2 is 1.27 bits per heavy atom. The molecular formula is C14H29O. The average molecular weight is 213 g/mol. The van der Waals surface area contributed by atoms with E-state index in [9.17, 15) is 0 Å². The van der Waals surface area contributed by atoms with E-state index in [1.54, 1.807) is 0 Å². The SMILES string of the molecule is [CH2]CCCCCCCCCOC(C)(C)C. The first-order valence-corrected chi connectivity index (χ1v) is 6.49. The zero-order valence-corrected chi connectivity index (χ0v) is 11.0. The van der Waals surface area contributed by atoms with Gasteiger partial charge in [0.2, 0.25) is 0 Å². The Morgan fingerprint density at radius 1 is 0.800 bits per heavy atom. The molecule has 1 heteroatoms. The Morgan fingerprint density at radius 3 is 1.73 bits per heavy atom. The molecule has 0 aliphatic heterocycles. The first kappa shape index (κ1) is 15.0. The van der Waals surface area contributed by atoms with Crippen molar-refractivity contribution >= 4 is 0 Å². The Labute approximate surface area is 96.6 Å². The molecule has 0 amide bonds. The third kappa shape index (κ3) is 14.0. The maximum absolute atomic E-state index is 5.67. The Kier molecular flexibility index (Phi) is 9.18. The number of hydrogen-bond donors (Lipinski definition) is 0. The summed E-state index contributed by atoms with van der Waals surface area (Å²) in [5.74, 6) is 0. The van der Waals surface area contributed by atoms with Crippen LogP contribution < -0.4 is 0 Å². The van der Waals surface area contributed by atoms with Crippen LogP contribution in [0.3, 0.4) is 0 Å². The van der Waals surface area contributed by atoms with Crippen molar-refractivity contribution in [2.75, 3.05) is 6.61 Å². The second kappa shape index (κ2) is 9.21. The standard InChI is InChI=1S/C14H29O/c1-5-6-7-8-9-10-11-12-13-15-14(2,3)4/h1,5-13H2,2-4H3. The Hall–Kier alpha value is -0.0400. The van der Waals surface area contributed by atoms with Crippen LogP contribution in [0.4, 0.5) is 0 Å². The van der Waals surface area contributed by atoms with Crippen molar-refractivity contribution in [2.24, 2.45) is 0 Å². The fraction of sp³-hybridized carbons (Fsp3) is 0.929. The lowest BCUT2D eigenvalue weighted by atomic mass is 10.1. The molecule has 0 saturated carbocycles. The third-order valence-electron chi connectivity index (χ3n) is 2.43. The van der Waals surface area contributed by atoms with Crippen molar-refractivity contribution in [3.63, 3.8) is 0 Å². The van der Waals surface area contributed by atoms with E-state index < -0.39 is 0 Å². The molecule has 0 heterocycles. The first-order chi connectivity index (χ1) is 7.06. The van der Waals surface area contributed by atoms with Crippen LogP contribution in [0.1, 0.15) is 72.1 Å². The second-order valence-corrected chi connectivity index (χ2v) is 5.29. The van der Waals surface area contributed by atoms with Crippen LogP contribution in [-0.4, -0.2) is 12.2 Å². The highest BCUT2D eigenvalue weighted by Crippen LogP contribution is 2.11. The zero-order chi connectivity index (χ0) is 11.6.